The van der Waals surface area contributed by atoms with Gasteiger partial charge in [-0.25, -0.2) is 0 Å². The van der Waals surface area contributed by atoms with Crippen molar-refractivity contribution in [2.75, 3.05) is 11.9 Å². The summed E-state index contributed by atoms with van der Waals surface area (Å²) in [7, 11) is 1.46. The third-order valence-corrected chi connectivity index (χ3v) is 6.41. The van der Waals surface area contributed by atoms with E-state index in [1.165, 1.54) is 23.7 Å². The fraction of sp³-hybridized carbons (Fsp3) is 0.150. The van der Waals surface area contributed by atoms with Crippen molar-refractivity contribution in [3.63, 3.8) is 0 Å². The predicted molar refractivity (Wildman–Crippen MR) is 118 cm³/mol. The number of nitrogens with zero attached hydrogens (tertiary/aromatic N) is 2. The minimum atomic E-state index is -0.511. The van der Waals surface area contributed by atoms with Gasteiger partial charge in [-0.3, -0.25) is 14.5 Å². The third kappa shape index (κ3) is 4.32. The van der Waals surface area contributed by atoms with Crippen LogP contribution in [0.1, 0.15) is 5.56 Å². The van der Waals surface area contributed by atoms with Crippen molar-refractivity contribution in [3.05, 3.63) is 73.6 Å². The first-order chi connectivity index (χ1) is 13.4. The zero-order valence-corrected chi connectivity index (χ0v) is 18.8. The molecule has 1 atom stereocenters. The van der Waals surface area contributed by atoms with Crippen LogP contribution in [0, 0.1) is 11.3 Å². The maximum Gasteiger partial charge on any atom is 0.264 e. The van der Waals surface area contributed by atoms with E-state index in [1.54, 1.807) is 12.1 Å². The minimum absolute atomic E-state index is 0.0690. The molecule has 0 aliphatic carbocycles. The van der Waals surface area contributed by atoms with E-state index in [0.717, 1.165) is 14.5 Å². The minimum Gasteiger partial charge on any atom is -0.354 e. The highest BCUT2D eigenvalue weighted by Gasteiger charge is 2.40. The number of halogens is 2. The molecule has 0 aromatic heterocycles. The number of thioether (sulfide) groups is 1. The van der Waals surface area contributed by atoms with E-state index >= 15 is 0 Å². The monoisotopic (exact) mass is 519 g/mol. The Balaban J connectivity index is 2.04. The van der Waals surface area contributed by atoms with Crippen LogP contribution < -0.4 is 10.2 Å². The van der Waals surface area contributed by atoms with Crippen LogP contribution in [-0.4, -0.2) is 24.1 Å². The maximum atomic E-state index is 13.2. The Morgan fingerprint density at radius 1 is 1.21 bits per heavy atom. The first-order valence-electron chi connectivity index (χ1n) is 8.31. The number of nitriles is 1. The summed E-state index contributed by atoms with van der Waals surface area (Å²) in [5, 5.41) is 12.0. The van der Waals surface area contributed by atoms with E-state index in [2.05, 4.69) is 37.2 Å². The van der Waals surface area contributed by atoms with Crippen LogP contribution >= 0.6 is 43.6 Å². The highest BCUT2D eigenvalue weighted by atomic mass is 79.9. The average molecular weight is 521 g/mol. The fourth-order valence-corrected chi connectivity index (χ4v) is 4.83. The molecule has 28 heavy (non-hydrogen) atoms. The Morgan fingerprint density at radius 3 is 2.54 bits per heavy atom. The van der Waals surface area contributed by atoms with Crippen molar-refractivity contribution >= 4 is 61.1 Å². The molecule has 2 aromatic carbocycles. The standard InChI is InChI=1S/C20H15Br2N3O2S/c1-24-18(26)16(11-23)20-25(15-7-5-13(21)6-8-15)19(27)17(28-20)10-12-3-2-4-14(22)9-12/h2-9,17H,10H2,1H3,(H,24,26)/b20-16-/t17-/m1/s1. The molecular formula is C20H15Br2N3O2S. The lowest BCUT2D eigenvalue weighted by Crippen LogP contribution is -2.31. The van der Waals surface area contributed by atoms with Gasteiger partial charge in [-0.15, -0.1) is 0 Å². The predicted octanol–water partition coefficient (Wildman–Crippen LogP) is 4.38. The SMILES string of the molecule is CNC(=O)/C(C#N)=C1\S[C@H](Cc2cccc(Br)c2)C(=O)N1c1ccc(Br)cc1. The molecule has 1 aliphatic rings. The van der Waals surface area contributed by atoms with Crippen LogP contribution in [0.4, 0.5) is 5.69 Å². The lowest BCUT2D eigenvalue weighted by molar-refractivity contribution is -0.117. The number of nitrogens with one attached hydrogen (secondary N) is 1. The summed E-state index contributed by atoms with van der Waals surface area (Å²) in [6.45, 7) is 0. The number of anilines is 1. The Bertz CT molecular complexity index is 999. The quantitative estimate of drug-likeness (QED) is 0.479. The number of carbonyl (C=O) groups is 2. The molecule has 1 heterocycles. The molecule has 0 saturated carbocycles. The second-order valence-electron chi connectivity index (χ2n) is 5.96. The van der Waals surface area contributed by atoms with Crippen LogP contribution in [-0.2, 0) is 16.0 Å². The van der Waals surface area contributed by atoms with Crippen LogP contribution in [0.15, 0.2) is 68.1 Å². The molecule has 3 rings (SSSR count). The summed E-state index contributed by atoms with van der Waals surface area (Å²) in [6.07, 6.45) is 0.492. The molecule has 0 unspecified atom stereocenters. The van der Waals surface area contributed by atoms with E-state index in [4.69, 9.17) is 0 Å². The van der Waals surface area contributed by atoms with Gasteiger partial charge in [0.15, 0.2) is 0 Å². The molecule has 5 nitrogen and oxygen atoms in total. The summed E-state index contributed by atoms with van der Waals surface area (Å²) >= 11 is 8.08. The average Bonchev–Trinajstić information content (AvgIpc) is 2.99. The van der Waals surface area contributed by atoms with Gasteiger partial charge in [0.1, 0.15) is 16.7 Å². The summed E-state index contributed by atoms with van der Waals surface area (Å²) < 4.78 is 1.81. The van der Waals surface area contributed by atoms with Gasteiger partial charge in [0.2, 0.25) is 5.91 Å². The Kier molecular flexibility index (Phi) is 6.60. The van der Waals surface area contributed by atoms with Crippen LogP contribution in [0.5, 0.6) is 0 Å². The molecule has 0 bridgehead atoms. The fourth-order valence-electron chi connectivity index (χ4n) is 2.82. The molecule has 8 heteroatoms. The van der Waals surface area contributed by atoms with Crippen molar-refractivity contribution in [3.8, 4) is 6.07 Å². The molecular weight excluding hydrogens is 506 g/mol. The first kappa shape index (κ1) is 20.6. The number of hydrogen-bond acceptors (Lipinski definition) is 4. The second kappa shape index (κ2) is 8.95. The van der Waals surface area contributed by atoms with Gasteiger partial charge in [0, 0.05) is 21.7 Å². The molecule has 142 valence electrons. The van der Waals surface area contributed by atoms with Gasteiger partial charge in [0.05, 0.1) is 5.25 Å². The number of rotatable bonds is 4. The molecule has 1 aliphatic heterocycles. The van der Waals surface area contributed by atoms with Crippen molar-refractivity contribution in [1.82, 2.24) is 5.32 Å². The molecule has 1 N–H and O–H groups in total. The van der Waals surface area contributed by atoms with Crippen molar-refractivity contribution < 1.29 is 9.59 Å². The Hall–Kier alpha value is -2.08. The number of hydrogen-bond donors (Lipinski definition) is 1. The Morgan fingerprint density at radius 2 is 1.93 bits per heavy atom. The summed E-state index contributed by atoms with van der Waals surface area (Å²) in [5.74, 6) is -0.665. The van der Waals surface area contributed by atoms with Crippen LogP contribution in [0.25, 0.3) is 0 Å². The van der Waals surface area contributed by atoms with E-state index < -0.39 is 11.2 Å². The molecule has 0 radical (unpaired) electrons. The van der Waals surface area contributed by atoms with Gasteiger partial charge in [-0.1, -0.05) is 55.8 Å². The van der Waals surface area contributed by atoms with Crippen molar-refractivity contribution in [2.45, 2.75) is 11.7 Å². The van der Waals surface area contributed by atoms with E-state index in [1.807, 2.05) is 42.5 Å². The molecule has 2 amide bonds. The van der Waals surface area contributed by atoms with Gasteiger partial charge in [-0.2, -0.15) is 5.26 Å². The van der Waals surface area contributed by atoms with E-state index in [0.29, 0.717) is 17.1 Å². The summed E-state index contributed by atoms with van der Waals surface area (Å²) in [5.41, 5.74) is 1.54. The number of carbonyl (C=O) groups excluding carboxylic acids is 2. The lowest BCUT2D eigenvalue weighted by Gasteiger charge is -2.18. The second-order valence-corrected chi connectivity index (χ2v) is 8.98. The molecule has 2 aromatic rings. The van der Waals surface area contributed by atoms with Gasteiger partial charge < -0.3 is 5.32 Å². The zero-order valence-electron chi connectivity index (χ0n) is 14.8. The largest absolute Gasteiger partial charge is 0.354 e. The van der Waals surface area contributed by atoms with E-state index in [-0.39, 0.29) is 11.5 Å². The third-order valence-electron chi connectivity index (χ3n) is 4.13. The van der Waals surface area contributed by atoms with Gasteiger partial charge in [-0.05, 0) is 48.4 Å². The number of likely N-dealkylation sites (N-methyl/N-ethyl adjacent to an activating group) is 1. The topological polar surface area (TPSA) is 73.2 Å². The first-order valence-corrected chi connectivity index (χ1v) is 10.8. The number of benzene rings is 2. The summed E-state index contributed by atoms with van der Waals surface area (Å²) in [4.78, 5) is 26.9. The van der Waals surface area contributed by atoms with Crippen molar-refractivity contribution in [2.24, 2.45) is 0 Å². The molecule has 1 saturated heterocycles. The zero-order chi connectivity index (χ0) is 20.3. The normalized spacial score (nSPS) is 18.0. The summed E-state index contributed by atoms with van der Waals surface area (Å²) in [6, 6.07) is 16.9. The smallest absolute Gasteiger partial charge is 0.264 e. The lowest BCUT2D eigenvalue weighted by atomic mass is 10.1. The molecule has 0 spiro atoms. The van der Waals surface area contributed by atoms with E-state index in [9.17, 15) is 14.9 Å². The Labute approximate surface area is 184 Å². The van der Waals surface area contributed by atoms with Crippen LogP contribution in [0.2, 0.25) is 0 Å². The maximum absolute atomic E-state index is 13.2. The highest BCUT2D eigenvalue weighted by Crippen LogP contribution is 2.42. The highest BCUT2D eigenvalue weighted by molar-refractivity contribution is 9.10. The van der Waals surface area contributed by atoms with Crippen molar-refractivity contribution in [1.29, 1.82) is 5.26 Å². The van der Waals surface area contributed by atoms with Gasteiger partial charge in [0.25, 0.3) is 5.91 Å². The number of amides is 2. The van der Waals surface area contributed by atoms with Crippen LogP contribution in [0.3, 0.4) is 0 Å². The molecule has 1 fully saturated rings. The van der Waals surface area contributed by atoms with Gasteiger partial charge >= 0.3 is 0 Å².